The fraction of sp³-hybridized carbons (Fsp3) is 0.583. The number of aromatic nitrogens is 3. The van der Waals surface area contributed by atoms with Gasteiger partial charge in [-0.05, 0) is 25.8 Å². The van der Waals surface area contributed by atoms with Crippen LogP contribution in [0.1, 0.15) is 38.5 Å². The summed E-state index contributed by atoms with van der Waals surface area (Å²) in [6, 6.07) is 0. The van der Waals surface area contributed by atoms with E-state index in [-0.39, 0.29) is 5.54 Å². The second-order valence-electron chi connectivity index (χ2n) is 4.65. The second kappa shape index (κ2) is 4.78. The molecule has 1 saturated heterocycles. The Hall–Kier alpha value is -1.27. The Balaban J connectivity index is 1.92. The van der Waals surface area contributed by atoms with Gasteiger partial charge in [-0.25, -0.2) is 0 Å². The predicted molar refractivity (Wildman–Crippen MR) is 69.2 cm³/mol. The van der Waals surface area contributed by atoms with E-state index in [0.717, 1.165) is 43.0 Å². The lowest BCUT2D eigenvalue weighted by Gasteiger charge is -2.24. The Morgan fingerprint density at radius 3 is 3.17 bits per heavy atom. The van der Waals surface area contributed by atoms with Crippen LogP contribution in [-0.2, 0) is 5.54 Å². The molecule has 1 unspecified atom stereocenters. The highest BCUT2D eigenvalue weighted by Gasteiger charge is 2.39. The lowest BCUT2D eigenvalue weighted by Crippen LogP contribution is -2.36. The Kier molecular flexibility index (Phi) is 3.13. The first-order valence-corrected chi connectivity index (χ1v) is 7.20. The molecule has 0 spiro atoms. The Morgan fingerprint density at radius 1 is 1.56 bits per heavy atom. The summed E-state index contributed by atoms with van der Waals surface area (Å²) >= 11 is 1.53. The molecule has 0 aliphatic carbocycles. The fourth-order valence-electron chi connectivity index (χ4n) is 2.58. The third kappa shape index (κ3) is 1.95. The second-order valence-corrected chi connectivity index (χ2v) is 5.54. The Morgan fingerprint density at radius 2 is 2.50 bits per heavy atom. The van der Waals surface area contributed by atoms with Crippen molar-refractivity contribution in [3.05, 3.63) is 17.6 Å². The van der Waals surface area contributed by atoms with Gasteiger partial charge in [0.15, 0.2) is 0 Å². The summed E-state index contributed by atoms with van der Waals surface area (Å²) in [5.41, 5.74) is 1.67. The quantitative estimate of drug-likeness (QED) is 0.919. The van der Waals surface area contributed by atoms with E-state index in [4.69, 9.17) is 4.52 Å². The normalized spacial score (nSPS) is 23.6. The van der Waals surface area contributed by atoms with E-state index >= 15 is 0 Å². The molecule has 1 atom stereocenters. The minimum atomic E-state index is -0.106. The molecule has 0 radical (unpaired) electrons. The summed E-state index contributed by atoms with van der Waals surface area (Å²) in [5, 5.41) is 7.61. The van der Waals surface area contributed by atoms with Crippen molar-refractivity contribution in [2.45, 2.75) is 38.1 Å². The largest absolute Gasteiger partial charge is 0.337 e. The van der Waals surface area contributed by atoms with E-state index in [9.17, 15) is 0 Å². The van der Waals surface area contributed by atoms with E-state index in [1.807, 2.05) is 0 Å². The number of nitrogens with one attached hydrogen (secondary N) is 1. The third-order valence-corrected chi connectivity index (χ3v) is 4.18. The van der Waals surface area contributed by atoms with Gasteiger partial charge in [0.1, 0.15) is 0 Å². The summed E-state index contributed by atoms with van der Waals surface area (Å²) in [6.07, 6.45) is 6.15. The molecule has 0 aromatic carbocycles. The first-order chi connectivity index (χ1) is 8.84. The van der Waals surface area contributed by atoms with Crippen LogP contribution in [0, 0.1) is 0 Å². The van der Waals surface area contributed by atoms with E-state index in [1.54, 1.807) is 11.7 Å². The summed E-state index contributed by atoms with van der Waals surface area (Å²) in [4.78, 5) is 9.55. The lowest BCUT2D eigenvalue weighted by molar-refractivity contribution is 0.241. The maximum Gasteiger partial charge on any atom is 0.247 e. The number of nitrogens with zero attached hydrogens (tertiary/aromatic N) is 3. The molecule has 0 saturated carbocycles. The third-order valence-electron chi connectivity index (χ3n) is 3.41. The van der Waals surface area contributed by atoms with Gasteiger partial charge in [0.2, 0.25) is 11.7 Å². The molecule has 1 aliphatic heterocycles. The van der Waals surface area contributed by atoms with Crippen LogP contribution < -0.4 is 5.32 Å². The van der Waals surface area contributed by atoms with Crippen molar-refractivity contribution in [3.8, 4) is 10.7 Å². The average Bonchev–Trinajstić information content (AvgIpc) is 3.11. The van der Waals surface area contributed by atoms with Gasteiger partial charge < -0.3 is 9.84 Å². The molecular weight excluding hydrogens is 248 g/mol. The minimum Gasteiger partial charge on any atom is -0.337 e. The molecular formula is C12H16N4OS. The van der Waals surface area contributed by atoms with E-state index in [0.29, 0.717) is 5.82 Å². The van der Waals surface area contributed by atoms with Crippen LogP contribution in [0.25, 0.3) is 10.7 Å². The fourth-order valence-corrected chi connectivity index (χ4v) is 3.13. The molecule has 96 valence electrons. The van der Waals surface area contributed by atoms with Crippen molar-refractivity contribution in [3.63, 3.8) is 0 Å². The van der Waals surface area contributed by atoms with Gasteiger partial charge in [-0.1, -0.05) is 18.5 Å². The number of hydrogen-bond acceptors (Lipinski definition) is 6. The van der Waals surface area contributed by atoms with Crippen molar-refractivity contribution in [1.29, 1.82) is 0 Å². The SMILES string of the molecule is CCCC1(c2nc(-c3cncs3)no2)CCCN1. The Labute approximate surface area is 110 Å². The van der Waals surface area contributed by atoms with Crippen molar-refractivity contribution in [2.24, 2.45) is 0 Å². The van der Waals surface area contributed by atoms with E-state index in [2.05, 4.69) is 27.4 Å². The highest BCUT2D eigenvalue weighted by Crippen LogP contribution is 2.35. The van der Waals surface area contributed by atoms with Gasteiger partial charge in [-0.15, -0.1) is 11.3 Å². The lowest BCUT2D eigenvalue weighted by atomic mass is 9.92. The van der Waals surface area contributed by atoms with Crippen LogP contribution >= 0.6 is 11.3 Å². The summed E-state index contributed by atoms with van der Waals surface area (Å²) in [5.74, 6) is 1.38. The van der Waals surface area contributed by atoms with Gasteiger partial charge in [0.25, 0.3) is 0 Å². The molecule has 3 heterocycles. The molecule has 3 rings (SSSR count). The van der Waals surface area contributed by atoms with Gasteiger partial charge in [0, 0.05) is 6.20 Å². The maximum atomic E-state index is 5.48. The monoisotopic (exact) mass is 264 g/mol. The number of hydrogen-bond donors (Lipinski definition) is 1. The molecule has 0 amide bonds. The zero-order valence-corrected chi connectivity index (χ0v) is 11.2. The molecule has 1 N–H and O–H groups in total. The molecule has 2 aromatic rings. The molecule has 5 nitrogen and oxygen atoms in total. The van der Waals surface area contributed by atoms with Gasteiger partial charge in [-0.3, -0.25) is 4.98 Å². The van der Waals surface area contributed by atoms with E-state index in [1.165, 1.54) is 11.3 Å². The summed E-state index contributed by atoms with van der Waals surface area (Å²) in [6.45, 7) is 3.21. The Bertz CT molecular complexity index is 502. The predicted octanol–water partition coefficient (Wildman–Crippen LogP) is 2.57. The van der Waals surface area contributed by atoms with E-state index < -0.39 is 0 Å². The van der Waals surface area contributed by atoms with Crippen molar-refractivity contribution in [1.82, 2.24) is 20.4 Å². The highest BCUT2D eigenvalue weighted by molar-refractivity contribution is 7.13. The highest BCUT2D eigenvalue weighted by atomic mass is 32.1. The zero-order chi connectivity index (χ0) is 12.4. The minimum absolute atomic E-state index is 0.106. The van der Waals surface area contributed by atoms with Crippen LogP contribution in [0.2, 0.25) is 0 Å². The molecule has 2 aromatic heterocycles. The van der Waals surface area contributed by atoms with Crippen molar-refractivity contribution in [2.75, 3.05) is 6.54 Å². The standard InChI is InChI=1S/C12H16N4OS/c1-2-4-12(5-3-6-14-12)11-15-10(16-17-11)9-7-13-8-18-9/h7-8,14H,2-6H2,1H3. The van der Waals surface area contributed by atoms with Crippen LogP contribution in [0.4, 0.5) is 0 Å². The van der Waals surface area contributed by atoms with Crippen LogP contribution in [0.5, 0.6) is 0 Å². The average molecular weight is 264 g/mol. The van der Waals surface area contributed by atoms with Crippen LogP contribution in [-0.4, -0.2) is 21.7 Å². The van der Waals surface area contributed by atoms with Gasteiger partial charge >= 0.3 is 0 Å². The van der Waals surface area contributed by atoms with Gasteiger partial charge in [-0.2, -0.15) is 4.98 Å². The molecule has 6 heteroatoms. The topological polar surface area (TPSA) is 63.8 Å². The maximum absolute atomic E-state index is 5.48. The number of rotatable bonds is 4. The molecule has 1 aliphatic rings. The molecule has 0 bridgehead atoms. The smallest absolute Gasteiger partial charge is 0.247 e. The van der Waals surface area contributed by atoms with Crippen LogP contribution in [0.3, 0.4) is 0 Å². The first kappa shape index (κ1) is 11.8. The molecule has 18 heavy (non-hydrogen) atoms. The van der Waals surface area contributed by atoms with Crippen molar-refractivity contribution < 1.29 is 4.52 Å². The summed E-state index contributed by atoms with van der Waals surface area (Å²) in [7, 11) is 0. The first-order valence-electron chi connectivity index (χ1n) is 6.32. The summed E-state index contributed by atoms with van der Waals surface area (Å²) < 4.78 is 5.48. The van der Waals surface area contributed by atoms with Crippen molar-refractivity contribution >= 4 is 11.3 Å². The molecule has 1 fully saturated rings. The van der Waals surface area contributed by atoms with Gasteiger partial charge in [0.05, 0.1) is 15.9 Å². The van der Waals surface area contributed by atoms with Crippen LogP contribution in [0.15, 0.2) is 16.2 Å². The number of thiazole rings is 1. The zero-order valence-electron chi connectivity index (χ0n) is 10.3.